The largest absolute Gasteiger partial charge is 0.388 e. The van der Waals surface area contributed by atoms with E-state index in [-0.39, 0.29) is 23.5 Å². The first-order chi connectivity index (χ1) is 8.99. The van der Waals surface area contributed by atoms with Gasteiger partial charge >= 0.3 is 0 Å². The lowest BCUT2D eigenvalue weighted by atomic mass is 10.0. The summed E-state index contributed by atoms with van der Waals surface area (Å²) in [6.07, 6.45) is 2.47. The van der Waals surface area contributed by atoms with Crippen molar-refractivity contribution in [2.75, 3.05) is 0 Å². The molecule has 1 aliphatic carbocycles. The molecule has 1 fully saturated rings. The molecule has 0 spiro atoms. The summed E-state index contributed by atoms with van der Waals surface area (Å²) in [4.78, 5) is 12.0. The molecule has 3 N–H and O–H groups in total. The fourth-order valence-electron chi connectivity index (χ4n) is 2.33. The number of hydrogen-bond donors (Lipinski definition) is 2. The monoisotopic (exact) mass is 298 g/mol. The zero-order valence-electron chi connectivity index (χ0n) is 10.5. The van der Waals surface area contributed by atoms with Crippen LogP contribution in [-0.4, -0.2) is 11.6 Å². The van der Waals surface area contributed by atoms with Gasteiger partial charge in [-0.2, -0.15) is 0 Å². The fourth-order valence-corrected chi connectivity index (χ4v) is 2.77. The Morgan fingerprint density at radius 2 is 2.11 bits per heavy atom. The average Bonchev–Trinajstić information content (AvgIpc) is 3.11. The van der Waals surface area contributed by atoms with Gasteiger partial charge in [0, 0.05) is 28.8 Å². The summed E-state index contributed by atoms with van der Waals surface area (Å²) in [6.45, 7) is 0. The van der Waals surface area contributed by atoms with Gasteiger partial charge in [0.1, 0.15) is 5.78 Å². The third-order valence-corrected chi connectivity index (χ3v) is 4.01. The molecule has 1 aromatic rings. The van der Waals surface area contributed by atoms with E-state index in [1.165, 1.54) is 0 Å². The molecular formula is C14H16Cl2N2O. The topological polar surface area (TPSA) is 66.9 Å². The van der Waals surface area contributed by atoms with Crippen molar-refractivity contribution in [3.8, 4) is 0 Å². The zero-order valence-corrected chi connectivity index (χ0v) is 12.0. The number of amidine groups is 1. The molecule has 0 bridgehead atoms. The molecule has 0 saturated heterocycles. The fraction of sp³-hybridized carbons (Fsp3) is 0.429. The van der Waals surface area contributed by atoms with Crippen LogP contribution in [0.15, 0.2) is 18.2 Å². The molecule has 0 amide bonds. The van der Waals surface area contributed by atoms with Crippen LogP contribution in [0.4, 0.5) is 0 Å². The Morgan fingerprint density at radius 3 is 2.79 bits per heavy atom. The smallest absolute Gasteiger partial charge is 0.136 e. The summed E-state index contributed by atoms with van der Waals surface area (Å²) < 4.78 is 0. The van der Waals surface area contributed by atoms with Gasteiger partial charge in [0.2, 0.25) is 0 Å². The van der Waals surface area contributed by atoms with Gasteiger partial charge in [0.25, 0.3) is 0 Å². The molecule has 0 heterocycles. The molecule has 1 saturated carbocycles. The van der Waals surface area contributed by atoms with Gasteiger partial charge in [0.15, 0.2) is 0 Å². The van der Waals surface area contributed by atoms with Crippen molar-refractivity contribution in [2.24, 2.45) is 11.7 Å². The highest BCUT2D eigenvalue weighted by molar-refractivity contribution is 6.33. The second-order valence-electron chi connectivity index (χ2n) is 4.96. The van der Waals surface area contributed by atoms with Crippen LogP contribution in [0, 0.1) is 11.3 Å². The number of hydrogen-bond acceptors (Lipinski definition) is 2. The first-order valence-electron chi connectivity index (χ1n) is 6.29. The van der Waals surface area contributed by atoms with Gasteiger partial charge in [-0.1, -0.05) is 23.2 Å². The maximum absolute atomic E-state index is 12.0. The summed E-state index contributed by atoms with van der Waals surface area (Å²) in [5.74, 6) is 0.638. The molecule has 1 aromatic carbocycles. The van der Waals surface area contributed by atoms with E-state index < -0.39 is 0 Å². The summed E-state index contributed by atoms with van der Waals surface area (Å²) in [5.41, 5.74) is 6.24. The lowest BCUT2D eigenvalue weighted by Gasteiger charge is -2.04. The highest BCUT2D eigenvalue weighted by Gasteiger charge is 2.44. The molecule has 2 atom stereocenters. The van der Waals surface area contributed by atoms with E-state index in [1.807, 2.05) is 6.07 Å². The van der Waals surface area contributed by atoms with E-state index in [9.17, 15) is 4.79 Å². The number of Topliss-reactive ketones (excluding diaryl/α,β-unsaturated/α-hetero) is 1. The Morgan fingerprint density at radius 1 is 1.37 bits per heavy atom. The number of benzene rings is 1. The molecule has 3 nitrogen and oxygen atoms in total. The minimum atomic E-state index is 0.0583. The number of rotatable bonds is 6. The van der Waals surface area contributed by atoms with E-state index >= 15 is 0 Å². The van der Waals surface area contributed by atoms with Gasteiger partial charge in [-0.05, 0) is 42.5 Å². The van der Waals surface area contributed by atoms with Crippen LogP contribution in [0.2, 0.25) is 10.0 Å². The van der Waals surface area contributed by atoms with Crippen LogP contribution >= 0.6 is 23.2 Å². The predicted molar refractivity (Wildman–Crippen MR) is 78.1 cm³/mol. The van der Waals surface area contributed by atoms with E-state index in [1.54, 1.807) is 12.1 Å². The van der Waals surface area contributed by atoms with Crippen LogP contribution in [-0.2, 0) is 4.79 Å². The van der Waals surface area contributed by atoms with Crippen molar-refractivity contribution in [3.05, 3.63) is 33.8 Å². The SMILES string of the molecule is N=C(N)CCCC(=O)[C@@H]1CC1c1cc(Cl)ccc1Cl. The van der Waals surface area contributed by atoms with Crippen LogP contribution in [0.3, 0.4) is 0 Å². The van der Waals surface area contributed by atoms with E-state index in [2.05, 4.69) is 0 Å². The number of nitrogens with one attached hydrogen (secondary N) is 1. The summed E-state index contributed by atoms with van der Waals surface area (Å²) in [5, 5.41) is 8.44. The molecule has 102 valence electrons. The molecule has 0 aliphatic heterocycles. The Balaban J connectivity index is 1.91. The Labute approximate surface area is 122 Å². The van der Waals surface area contributed by atoms with E-state index in [0.717, 1.165) is 12.0 Å². The predicted octanol–water partition coefficient (Wildman–Crippen LogP) is 3.77. The third kappa shape index (κ3) is 3.71. The third-order valence-electron chi connectivity index (χ3n) is 3.43. The molecule has 0 aromatic heterocycles. The highest BCUT2D eigenvalue weighted by Crippen LogP contribution is 2.51. The van der Waals surface area contributed by atoms with Crippen molar-refractivity contribution >= 4 is 34.8 Å². The van der Waals surface area contributed by atoms with Crippen molar-refractivity contribution in [2.45, 2.75) is 31.6 Å². The van der Waals surface area contributed by atoms with Crippen LogP contribution in [0.5, 0.6) is 0 Å². The van der Waals surface area contributed by atoms with Crippen molar-refractivity contribution < 1.29 is 4.79 Å². The van der Waals surface area contributed by atoms with Gasteiger partial charge in [-0.15, -0.1) is 0 Å². The first kappa shape index (κ1) is 14.4. The number of halogens is 2. The quantitative estimate of drug-likeness (QED) is 0.620. The Hall–Kier alpha value is -1.06. The molecule has 5 heteroatoms. The van der Waals surface area contributed by atoms with Crippen LogP contribution < -0.4 is 5.73 Å². The zero-order chi connectivity index (χ0) is 14.0. The Bertz CT molecular complexity index is 516. The van der Waals surface area contributed by atoms with Crippen molar-refractivity contribution in [1.29, 1.82) is 5.41 Å². The number of carbonyl (C=O) groups excluding carboxylic acids is 1. The molecular weight excluding hydrogens is 283 g/mol. The van der Waals surface area contributed by atoms with Gasteiger partial charge in [0.05, 0.1) is 5.84 Å². The highest BCUT2D eigenvalue weighted by atomic mass is 35.5. The minimum absolute atomic E-state index is 0.0583. The number of ketones is 1. The molecule has 19 heavy (non-hydrogen) atoms. The number of carbonyl (C=O) groups is 1. The minimum Gasteiger partial charge on any atom is -0.388 e. The van der Waals surface area contributed by atoms with Crippen molar-refractivity contribution in [1.82, 2.24) is 0 Å². The molecule has 1 unspecified atom stereocenters. The maximum Gasteiger partial charge on any atom is 0.136 e. The lowest BCUT2D eigenvalue weighted by molar-refractivity contribution is -0.120. The van der Waals surface area contributed by atoms with E-state index in [0.29, 0.717) is 29.3 Å². The molecule has 0 radical (unpaired) electrons. The average molecular weight is 299 g/mol. The van der Waals surface area contributed by atoms with Crippen LogP contribution in [0.1, 0.15) is 37.2 Å². The van der Waals surface area contributed by atoms with Gasteiger partial charge < -0.3 is 5.73 Å². The molecule has 1 aliphatic rings. The summed E-state index contributed by atoms with van der Waals surface area (Å²) in [6, 6.07) is 5.37. The number of nitrogens with two attached hydrogens (primary N) is 1. The molecule has 2 rings (SSSR count). The van der Waals surface area contributed by atoms with E-state index in [4.69, 9.17) is 34.3 Å². The Kier molecular flexibility index (Phi) is 4.48. The maximum atomic E-state index is 12.0. The van der Waals surface area contributed by atoms with Crippen LogP contribution in [0.25, 0.3) is 0 Å². The van der Waals surface area contributed by atoms with Gasteiger partial charge in [-0.25, -0.2) is 0 Å². The van der Waals surface area contributed by atoms with Gasteiger partial charge in [-0.3, -0.25) is 10.2 Å². The second-order valence-corrected chi connectivity index (χ2v) is 5.80. The summed E-state index contributed by atoms with van der Waals surface area (Å²) in [7, 11) is 0. The summed E-state index contributed by atoms with van der Waals surface area (Å²) >= 11 is 12.1. The lowest BCUT2D eigenvalue weighted by Crippen LogP contribution is -2.10. The standard InChI is InChI=1S/C14H16Cl2N2O/c15-8-4-5-12(16)10(6-8)9-7-11(9)13(19)2-1-3-14(17)18/h4-6,9,11H,1-3,7H2,(H3,17,18)/t9?,11-/m1/s1. The van der Waals surface area contributed by atoms with Crippen molar-refractivity contribution in [3.63, 3.8) is 0 Å². The first-order valence-corrected chi connectivity index (χ1v) is 7.05. The second kappa shape index (κ2) is 5.93. The normalized spacial score (nSPS) is 21.2.